The van der Waals surface area contributed by atoms with E-state index >= 15 is 0 Å². The predicted octanol–water partition coefficient (Wildman–Crippen LogP) is 0.831. The molecular formula is C14H19N3O3. The molecule has 1 unspecified atom stereocenters. The number of carbonyl (C=O) groups is 2. The summed E-state index contributed by atoms with van der Waals surface area (Å²) in [6.07, 6.45) is 2.39. The van der Waals surface area contributed by atoms with Crippen LogP contribution in [0.2, 0.25) is 0 Å². The van der Waals surface area contributed by atoms with Gasteiger partial charge >= 0.3 is 5.97 Å². The largest absolute Gasteiger partial charge is 0.469 e. The average molecular weight is 277 g/mol. The quantitative estimate of drug-likeness (QED) is 0.825. The maximum absolute atomic E-state index is 11.8. The molecule has 6 heteroatoms. The van der Waals surface area contributed by atoms with E-state index in [9.17, 15) is 9.59 Å². The van der Waals surface area contributed by atoms with Crippen LogP contribution in [0, 0.1) is 5.92 Å². The lowest BCUT2D eigenvalue weighted by atomic mass is 10.1. The van der Waals surface area contributed by atoms with Crippen LogP contribution in [-0.2, 0) is 9.53 Å². The molecule has 20 heavy (non-hydrogen) atoms. The van der Waals surface area contributed by atoms with E-state index in [0.29, 0.717) is 18.8 Å². The Morgan fingerprint density at radius 2 is 2.35 bits per heavy atom. The van der Waals surface area contributed by atoms with Crippen LogP contribution < -0.4 is 10.2 Å². The van der Waals surface area contributed by atoms with Crippen LogP contribution >= 0.6 is 0 Å². The Labute approximate surface area is 118 Å². The molecule has 6 nitrogen and oxygen atoms in total. The lowest BCUT2D eigenvalue weighted by Gasteiger charge is -2.18. The number of aromatic nitrogens is 1. The van der Waals surface area contributed by atoms with E-state index < -0.39 is 0 Å². The Hall–Kier alpha value is -2.11. The number of pyridine rings is 1. The van der Waals surface area contributed by atoms with Crippen LogP contribution in [0.3, 0.4) is 0 Å². The normalized spacial score (nSPS) is 17.9. The third kappa shape index (κ3) is 3.07. The van der Waals surface area contributed by atoms with Gasteiger partial charge in [0.05, 0.1) is 13.0 Å². The molecule has 1 aromatic rings. The number of carbonyl (C=O) groups excluding carboxylic acids is 2. The zero-order valence-corrected chi connectivity index (χ0v) is 11.8. The Balaban J connectivity index is 2.08. The molecule has 1 saturated heterocycles. The molecule has 0 radical (unpaired) electrons. The first-order valence-corrected chi connectivity index (χ1v) is 6.72. The Morgan fingerprint density at radius 3 is 3.05 bits per heavy atom. The van der Waals surface area contributed by atoms with Crippen LogP contribution in [0.25, 0.3) is 0 Å². The van der Waals surface area contributed by atoms with Crippen molar-refractivity contribution in [2.75, 3.05) is 31.6 Å². The molecule has 108 valence electrons. The topological polar surface area (TPSA) is 71.5 Å². The Bertz CT molecular complexity index is 504. The molecule has 2 rings (SSSR count). The van der Waals surface area contributed by atoms with Crippen molar-refractivity contribution in [1.29, 1.82) is 0 Å². The van der Waals surface area contributed by atoms with Crippen molar-refractivity contribution in [2.24, 2.45) is 5.92 Å². The molecular weight excluding hydrogens is 258 g/mol. The maximum atomic E-state index is 11.8. The van der Waals surface area contributed by atoms with Gasteiger partial charge in [0.15, 0.2) is 0 Å². The molecule has 0 aliphatic carbocycles. The van der Waals surface area contributed by atoms with Gasteiger partial charge in [-0.2, -0.15) is 0 Å². The van der Waals surface area contributed by atoms with Crippen molar-refractivity contribution < 1.29 is 14.3 Å². The van der Waals surface area contributed by atoms with Crippen molar-refractivity contribution in [2.45, 2.75) is 13.3 Å². The van der Waals surface area contributed by atoms with E-state index in [2.05, 4.69) is 15.2 Å². The number of nitrogens with zero attached hydrogens (tertiary/aromatic N) is 2. The second kappa shape index (κ2) is 6.36. The lowest BCUT2D eigenvalue weighted by Crippen LogP contribution is -2.26. The van der Waals surface area contributed by atoms with Gasteiger partial charge in [-0.05, 0) is 25.5 Å². The second-order valence-corrected chi connectivity index (χ2v) is 4.71. The molecule has 1 aromatic heterocycles. The molecule has 2 heterocycles. The third-order valence-electron chi connectivity index (χ3n) is 3.40. The monoisotopic (exact) mass is 277 g/mol. The highest BCUT2D eigenvalue weighted by atomic mass is 16.5. The Kier molecular flexibility index (Phi) is 4.55. The first-order chi connectivity index (χ1) is 9.65. The minimum absolute atomic E-state index is 0.0962. The number of hydrogen-bond donors (Lipinski definition) is 1. The van der Waals surface area contributed by atoms with Gasteiger partial charge in [-0.3, -0.25) is 14.6 Å². The fourth-order valence-corrected chi connectivity index (χ4v) is 2.35. The maximum Gasteiger partial charge on any atom is 0.310 e. The molecule has 1 atom stereocenters. The highest BCUT2D eigenvalue weighted by molar-refractivity contribution is 5.93. The molecule has 1 N–H and O–H groups in total. The van der Waals surface area contributed by atoms with Gasteiger partial charge in [0.2, 0.25) is 0 Å². The fourth-order valence-electron chi connectivity index (χ4n) is 2.35. The molecule has 1 amide bonds. The zero-order chi connectivity index (χ0) is 14.5. The minimum Gasteiger partial charge on any atom is -0.469 e. The molecule has 0 bridgehead atoms. The number of amides is 1. The van der Waals surface area contributed by atoms with Gasteiger partial charge in [0.1, 0.15) is 5.69 Å². The number of esters is 1. The number of anilines is 1. The van der Waals surface area contributed by atoms with E-state index in [4.69, 9.17) is 4.74 Å². The number of methoxy groups -OCH3 is 1. The molecule has 0 spiro atoms. The number of hydrogen-bond acceptors (Lipinski definition) is 5. The van der Waals surface area contributed by atoms with E-state index in [1.807, 2.05) is 13.0 Å². The summed E-state index contributed by atoms with van der Waals surface area (Å²) in [4.78, 5) is 29.4. The SMILES string of the molecule is CCNC(=O)c1cc(N2CCC(C(=O)OC)C2)ccn1. The van der Waals surface area contributed by atoms with Crippen molar-refractivity contribution in [3.8, 4) is 0 Å². The van der Waals surface area contributed by atoms with Crippen molar-refractivity contribution >= 4 is 17.6 Å². The standard InChI is InChI=1S/C14H19N3O3/c1-3-15-13(18)12-8-11(4-6-16-12)17-7-5-10(9-17)14(19)20-2/h4,6,8,10H,3,5,7,9H2,1-2H3,(H,15,18). The van der Waals surface area contributed by atoms with Crippen LogP contribution in [0.5, 0.6) is 0 Å². The summed E-state index contributed by atoms with van der Waals surface area (Å²) in [5, 5.41) is 2.72. The summed E-state index contributed by atoms with van der Waals surface area (Å²) < 4.78 is 4.77. The lowest BCUT2D eigenvalue weighted by molar-refractivity contribution is -0.144. The van der Waals surface area contributed by atoms with Crippen LogP contribution in [-0.4, -0.2) is 43.6 Å². The van der Waals surface area contributed by atoms with Crippen molar-refractivity contribution in [3.05, 3.63) is 24.0 Å². The van der Waals surface area contributed by atoms with Gasteiger partial charge in [-0.15, -0.1) is 0 Å². The zero-order valence-electron chi connectivity index (χ0n) is 11.8. The van der Waals surface area contributed by atoms with Gasteiger partial charge < -0.3 is 15.0 Å². The Morgan fingerprint density at radius 1 is 1.55 bits per heavy atom. The van der Waals surface area contributed by atoms with E-state index in [0.717, 1.165) is 18.7 Å². The summed E-state index contributed by atoms with van der Waals surface area (Å²) in [6, 6.07) is 3.60. The summed E-state index contributed by atoms with van der Waals surface area (Å²) in [7, 11) is 1.41. The summed E-state index contributed by atoms with van der Waals surface area (Å²) >= 11 is 0. The first kappa shape index (κ1) is 14.3. The van der Waals surface area contributed by atoms with Crippen LogP contribution in [0.1, 0.15) is 23.8 Å². The highest BCUT2D eigenvalue weighted by Gasteiger charge is 2.29. The number of ether oxygens (including phenoxy) is 1. The summed E-state index contributed by atoms with van der Waals surface area (Å²) in [5.74, 6) is -0.454. The van der Waals surface area contributed by atoms with Crippen molar-refractivity contribution in [1.82, 2.24) is 10.3 Å². The van der Waals surface area contributed by atoms with E-state index in [1.165, 1.54) is 7.11 Å². The molecule has 1 fully saturated rings. The van der Waals surface area contributed by atoms with Gasteiger partial charge in [-0.1, -0.05) is 0 Å². The van der Waals surface area contributed by atoms with Crippen LogP contribution in [0.4, 0.5) is 5.69 Å². The van der Waals surface area contributed by atoms with Gasteiger partial charge in [0, 0.05) is 31.5 Å². The van der Waals surface area contributed by atoms with Gasteiger partial charge in [-0.25, -0.2) is 0 Å². The minimum atomic E-state index is -0.182. The van der Waals surface area contributed by atoms with E-state index in [-0.39, 0.29) is 17.8 Å². The number of rotatable bonds is 4. The fraction of sp³-hybridized carbons (Fsp3) is 0.500. The molecule has 1 aliphatic heterocycles. The highest BCUT2D eigenvalue weighted by Crippen LogP contribution is 2.24. The average Bonchev–Trinajstić information content (AvgIpc) is 2.96. The third-order valence-corrected chi connectivity index (χ3v) is 3.40. The first-order valence-electron chi connectivity index (χ1n) is 6.72. The molecule has 0 aromatic carbocycles. The molecule has 0 saturated carbocycles. The predicted molar refractivity (Wildman–Crippen MR) is 74.6 cm³/mol. The van der Waals surface area contributed by atoms with Gasteiger partial charge in [0.25, 0.3) is 5.91 Å². The number of nitrogens with one attached hydrogen (secondary N) is 1. The second-order valence-electron chi connectivity index (χ2n) is 4.71. The van der Waals surface area contributed by atoms with Crippen LogP contribution in [0.15, 0.2) is 18.3 Å². The smallest absolute Gasteiger partial charge is 0.310 e. The molecule has 1 aliphatic rings. The summed E-state index contributed by atoms with van der Waals surface area (Å²) in [6.45, 7) is 3.83. The summed E-state index contributed by atoms with van der Waals surface area (Å²) in [5.41, 5.74) is 1.30. The van der Waals surface area contributed by atoms with Crippen molar-refractivity contribution in [3.63, 3.8) is 0 Å². The van der Waals surface area contributed by atoms with E-state index in [1.54, 1.807) is 12.3 Å².